The Labute approximate surface area is 121 Å². The average molecular weight is 325 g/mol. The molecule has 0 N–H and O–H groups in total. The number of hydrogen-bond acceptors (Lipinski definition) is 3. The molecule has 3 saturated carbocycles. The van der Waals surface area contributed by atoms with Gasteiger partial charge in [-0.15, -0.1) is 0 Å². The van der Waals surface area contributed by atoms with Crippen LogP contribution in [0.15, 0.2) is 22.7 Å². The van der Waals surface area contributed by atoms with Crippen LogP contribution in [-0.4, -0.2) is 19.7 Å². The lowest BCUT2D eigenvalue weighted by Gasteiger charge is -2.68. The van der Waals surface area contributed by atoms with Crippen LogP contribution in [0.25, 0.3) is 0 Å². The molecule has 0 heterocycles. The van der Waals surface area contributed by atoms with E-state index in [0.717, 1.165) is 29.5 Å². The highest BCUT2D eigenvalue weighted by atomic mass is 79.9. The van der Waals surface area contributed by atoms with E-state index < -0.39 is 0 Å². The summed E-state index contributed by atoms with van der Waals surface area (Å²) in [6.45, 7) is 2.74. The summed E-state index contributed by atoms with van der Waals surface area (Å²) in [6, 6.07) is 6.07. The molecule has 0 saturated heterocycles. The molecule has 1 aromatic carbocycles. The zero-order chi connectivity index (χ0) is 13.7. The van der Waals surface area contributed by atoms with E-state index in [1.807, 2.05) is 19.1 Å². The van der Waals surface area contributed by atoms with Gasteiger partial charge in [-0.1, -0.05) is 15.9 Å². The largest absolute Gasteiger partial charge is 0.493 e. The summed E-state index contributed by atoms with van der Waals surface area (Å²) in [5, 5.41) is 0. The first-order valence-electron chi connectivity index (χ1n) is 6.46. The molecule has 4 heteroatoms. The molecule has 1 aromatic rings. The number of benzene rings is 1. The molecule has 0 spiro atoms. The molecule has 102 valence electrons. The van der Waals surface area contributed by atoms with Gasteiger partial charge in [-0.3, -0.25) is 4.79 Å². The molecule has 3 nitrogen and oxygen atoms in total. The number of hydrogen-bond donors (Lipinski definition) is 0. The molecule has 3 fully saturated rings. The zero-order valence-electron chi connectivity index (χ0n) is 11.2. The number of esters is 1. The van der Waals surface area contributed by atoms with Crippen LogP contribution in [0.5, 0.6) is 5.75 Å². The van der Waals surface area contributed by atoms with Crippen molar-refractivity contribution in [1.82, 2.24) is 0 Å². The number of rotatable bonds is 4. The maximum atomic E-state index is 11.6. The van der Waals surface area contributed by atoms with Crippen LogP contribution in [0.3, 0.4) is 0 Å². The van der Waals surface area contributed by atoms with Gasteiger partial charge in [0, 0.05) is 9.89 Å². The third kappa shape index (κ3) is 2.06. The third-order valence-corrected chi connectivity index (χ3v) is 4.78. The quantitative estimate of drug-likeness (QED) is 0.795. The van der Waals surface area contributed by atoms with E-state index in [-0.39, 0.29) is 16.8 Å². The molecular formula is C15H17BrO3. The van der Waals surface area contributed by atoms with Crippen LogP contribution in [0.1, 0.15) is 24.8 Å². The van der Waals surface area contributed by atoms with Crippen LogP contribution in [-0.2, 0) is 9.53 Å². The predicted molar refractivity (Wildman–Crippen MR) is 75.1 cm³/mol. The molecule has 3 aliphatic rings. The highest BCUT2D eigenvalue weighted by Gasteiger charge is 2.72. The molecule has 0 aliphatic heterocycles. The summed E-state index contributed by atoms with van der Waals surface area (Å²) < 4.78 is 11.8. The smallest absolute Gasteiger partial charge is 0.311 e. The minimum absolute atomic E-state index is 0.0484. The van der Waals surface area contributed by atoms with Crippen molar-refractivity contribution in [3.63, 3.8) is 0 Å². The Bertz CT molecular complexity index is 498. The third-order valence-electron chi connectivity index (χ3n) is 4.32. The maximum Gasteiger partial charge on any atom is 0.311 e. The van der Waals surface area contributed by atoms with Crippen molar-refractivity contribution in [1.29, 1.82) is 0 Å². The van der Waals surface area contributed by atoms with Gasteiger partial charge in [-0.25, -0.2) is 0 Å². The van der Waals surface area contributed by atoms with Gasteiger partial charge in [0.1, 0.15) is 5.75 Å². The van der Waals surface area contributed by atoms with Crippen LogP contribution >= 0.6 is 15.9 Å². The fourth-order valence-electron chi connectivity index (χ4n) is 3.61. The van der Waals surface area contributed by atoms with Crippen LogP contribution in [0.2, 0.25) is 0 Å². The fourth-order valence-corrected chi connectivity index (χ4v) is 4.19. The molecule has 19 heavy (non-hydrogen) atoms. The number of carbonyl (C=O) groups is 1. The Hall–Kier alpha value is -1.03. The van der Waals surface area contributed by atoms with Crippen molar-refractivity contribution in [3.05, 3.63) is 28.2 Å². The molecule has 4 rings (SSSR count). The van der Waals surface area contributed by atoms with Gasteiger partial charge in [-0.05, 0) is 49.9 Å². The molecular weight excluding hydrogens is 308 g/mol. The van der Waals surface area contributed by atoms with Gasteiger partial charge >= 0.3 is 5.97 Å². The zero-order valence-corrected chi connectivity index (χ0v) is 12.7. The lowest BCUT2D eigenvalue weighted by Crippen LogP contribution is -2.67. The second kappa shape index (κ2) is 4.23. The second-order valence-electron chi connectivity index (χ2n) is 6.06. The van der Waals surface area contributed by atoms with E-state index >= 15 is 0 Å². The highest BCUT2D eigenvalue weighted by molar-refractivity contribution is 9.10. The van der Waals surface area contributed by atoms with E-state index in [1.165, 1.54) is 12.7 Å². The van der Waals surface area contributed by atoms with Gasteiger partial charge < -0.3 is 9.47 Å². The van der Waals surface area contributed by atoms with Crippen molar-refractivity contribution in [2.45, 2.75) is 26.2 Å². The molecule has 0 aromatic heterocycles. The SMILES string of the molecule is COC(=O)C12CC(COc3cc(C)cc(Br)c3)(C1)C2. The van der Waals surface area contributed by atoms with E-state index in [2.05, 4.69) is 22.0 Å². The molecule has 0 radical (unpaired) electrons. The predicted octanol–water partition coefficient (Wildman–Crippen LogP) is 3.48. The molecule has 3 aliphatic carbocycles. The minimum atomic E-state index is -0.175. The first kappa shape index (κ1) is 13.0. The van der Waals surface area contributed by atoms with Crippen molar-refractivity contribution in [2.24, 2.45) is 10.8 Å². The van der Waals surface area contributed by atoms with Crippen LogP contribution < -0.4 is 4.74 Å². The maximum absolute atomic E-state index is 11.6. The van der Waals surface area contributed by atoms with Gasteiger partial charge in [0.25, 0.3) is 0 Å². The monoisotopic (exact) mass is 324 g/mol. The minimum Gasteiger partial charge on any atom is -0.493 e. The van der Waals surface area contributed by atoms with Gasteiger partial charge in [0.2, 0.25) is 0 Å². The molecule has 0 unspecified atom stereocenters. The number of ether oxygens (including phenoxy) is 2. The Morgan fingerprint density at radius 2 is 2.00 bits per heavy atom. The van der Waals surface area contributed by atoms with Crippen molar-refractivity contribution < 1.29 is 14.3 Å². The molecule has 2 bridgehead atoms. The first-order chi connectivity index (χ1) is 8.97. The van der Waals surface area contributed by atoms with Crippen LogP contribution in [0.4, 0.5) is 0 Å². The van der Waals surface area contributed by atoms with E-state index in [1.54, 1.807) is 0 Å². The van der Waals surface area contributed by atoms with Crippen LogP contribution in [0, 0.1) is 17.8 Å². The fraction of sp³-hybridized carbons (Fsp3) is 0.533. The Balaban J connectivity index is 1.57. The topological polar surface area (TPSA) is 35.5 Å². The number of methoxy groups -OCH3 is 1. The average Bonchev–Trinajstić information content (AvgIpc) is 2.23. The van der Waals surface area contributed by atoms with Gasteiger partial charge in [-0.2, -0.15) is 0 Å². The standard InChI is InChI=1S/C15H17BrO3/c1-10-3-11(16)5-12(4-10)19-9-14-6-15(7-14,8-14)13(17)18-2/h3-5H,6-9H2,1-2H3. The highest BCUT2D eigenvalue weighted by Crippen LogP contribution is 2.73. The van der Waals surface area contributed by atoms with Crippen molar-refractivity contribution >= 4 is 21.9 Å². The normalized spacial score (nSPS) is 31.1. The lowest BCUT2D eigenvalue weighted by atomic mass is 9.35. The summed E-state index contributed by atoms with van der Waals surface area (Å²) in [7, 11) is 1.47. The van der Waals surface area contributed by atoms with Gasteiger partial charge in [0.05, 0.1) is 19.1 Å². The molecule has 0 atom stereocenters. The summed E-state index contributed by atoms with van der Waals surface area (Å²) >= 11 is 3.47. The Morgan fingerprint density at radius 1 is 1.32 bits per heavy atom. The molecule has 0 amide bonds. The number of halogens is 1. The summed E-state index contributed by atoms with van der Waals surface area (Å²) in [6.07, 6.45) is 2.75. The van der Waals surface area contributed by atoms with E-state index in [0.29, 0.717) is 6.61 Å². The first-order valence-corrected chi connectivity index (χ1v) is 7.25. The van der Waals surface area contributed by atoms with Crippen molar-refractivity contribution in [3.8, 4) is 5.75 Å². The number of carbonyl (C=O) groups excluding carboxylic acids is 1. The van der Waals surface area contributed by atoms with Gasteiger partial charge in [0.15, 0.2) is 0 Å². The summed E-state index contributed by atoms with van der Waals surface area (Å²) in [5.41, 5.74) is 1.21. The Kier molecular flexibility index (Phi) is 2.89. The lowest BCUT2D eigenvalue weighted by molar-refractivity contribution is -0.233. The number of aryl methyl sites for hydroxylation is 1. The summed E-state index contributed by atoms with van der Waals surface area (Å²) in [5.74, 6) is 0.844. The van der Waals surface area contributed by atoms with E-state index in [4.69, 9.17) is 9.47 Å². The summed E-state index contributed by atoms with van der Waals surface area (Å²) in [4.78, 5) is 11.6. The van der Waals surface area contributed by atoms with E-state index in [9.17, 15) is 4.79 Å². The van der Waals surface area contributed by atoms with Crippen molar-refractivity contribution in [2.75, 3.05) is 13.7 Å². The Morgan fingerprint density at radius 3 is 2.58 bits per heavy atom. The second-order valence-corrected chi connectivity index (χ2v) is 6.97.